The first kappa shape index (κ1) is 17.2. The van der Waals surface area contributed by atoms with Crippen LogP contribution in [0.2, 0.25) is 0 Å². The number of amides is 2. The van der Waals surface area contributed by atoms with Gasteiger partial charge in [0.05, 0.1) is 12.8 Å². The van der Waals surface area contributed by atoms with Crippen LogP contribution in [0.3, 0.4) is 0 Å². The van der Waals surface area contributed by atoms with E-state index in [0.717, 1.165) is 0 Å². The summed E-state index contributed by atoms with van der Waals surface area (Å²) >= 11 is 0. The molecule has 0 aromatic heterocycles. The Bertz CT molecular complexity index is 788. The van der Waals surface area contributed by atoms with Gasteiger partial charge in [0.1, 0.15) is 11.6 Å². The lowest BCUT2D eigenvalue weighted by Crippen LogP contribution is -2.11. The molecule has 2 aromatic carbocycles. The van der Waals surface area contributed by atoms with Crippen molar-refractivity contribution < 1.29 is 18.7 Å². The number of hydrogen-bond acceptors (Lipinski definition) is 3. The molecule has 0 aliphatic rings. The van der Waals surface area contributed by atoms with Crippen molar-refractivity contribution in [3.05, 3.63) is 59.9 Å². The summed E-state index contributed by atoms with van der Waals surface area (Å²) in [4.78, 5) is 23.2. The molecular weight excluding hydrogens is 311 g/mol. The van der Waals surface area contributed by atoms with Gasteiger partial charge in [-0.1, -0.05) is 18.2 Å². The second kappa shape index (κ2) is 7.92. The molecular formula is C18H17FN2O3. The van der Waals surface area contributed by atoms with Crippen molar-refractivity contribution in [1.82, 2.24) is 0 Å². The Balaban J connectivity index is 2.15. The SMILES string of the molecule is COc1ccc(NC(C)=O)cc1NC(=O)/C=C/c1ccccc1F. The lowest BCUT2D eigenvalue weighted by molar-refractivity contribution is -0.114. The number of halogens is 1. The maximum atomic E-state index is 13.5. The second-order valence-corrected chi connectivity index (χ2v) is 4.94. The molecule has 6 heteroatoms. The molecule has 0 saturated carbocycles. The van der Waals surface area contributed by atoms with Gasteiger partial charge < -0.3 is 15.4 Å². The van der Waals surface area contributed by atoms with Crippen LogP contribution in [0.25, 0.3) is 6.08 Å². The highest BCUT2D eigenvalue weighted by Crippen LogP contribution is 2.28. The molecule has 2 rings (SSSR count). The number of carbonyl (C=O) groups is 2. The van der Waals surface area contributed by atoms with Crippen LogP contribution >= 0.6 is 0 Å². The molecule has 0 heterocycles. The normalized spacial score (nSPS) is 10.5. The summed E-state index contributed by atoms with van der Waals surface area (Å²) in [6.45, 7) is 1.39. The predicted octanol–water partition coefficient (Wildman–Crippen LogP) is 3.44. The highest BCUT2D eigenvalue weighted by atomic mass is 19.1. The van der Waals surface area contributed by atoms with E-state index >= 15 is 0 Å². The average Bonchev–Trinajstić information content (AvgIpc) is 2.54. The minimum atomic E-state index is -0.448. The molecule has 0 bridgehead atoms. The largest absolute Gasteiger partial charge is 0.495 e. The number of benzene rings is 2. The van der Waals surface area contributed by atoms with Gasteiger partial charge in [-0.05, 0) is 30.3 Å². The van der Waals surface area contributed by atoms with E-state index in [0.29, 0.717) is 22.7 Å². The molecule has 2 amide bonds. The predicted molar refractivity (Wildman–Crippen MR) is 91.4 cm³/mol. The Labute approximate surface area is 139 Å². The van der Waals surface area contributed by atoms with E-state index in [4.69, 9.17) is 4.74 Å². The molecule has 0 fully saturated rings. The number of anilines is 2. The minimum Gasteiger partial charge on any atom is -0.495 e. The topological polar surface area (TPSA) is 67.4 Å². The highest BCUT2D eigenvalue weighted by molar-refractivity contribution is 6.03. The fourth-order valence-electron chi connectivity index (χ4n) is 2.04. The Kier molecular flexibility index (Phi) is 5.68. The summed E-state index contributed by atoms with van der Waals surface area (Å²) in [5.74, 6) is -0.642. The number of hydrogen-bond donors (Lipinski definition) is 2. The van der Waals surface area contributed by atoms with Gasteiger partial charge in [-0.2, -0.15) is 0 Å². The number of carbonyl (C=O) groups excluding carboxylic acids is 2. The summed E-state index contributed by atoms with van der Waals surface area (Å²) in [5, 5.41) is 5.26. The second-order valence-electron chi connectivity index (χ2n) is 4.94. The quantitative estimate of drug-likeness (QED) is 0.826. The van der Waals surface area contributed by atoms with Crippen LogP contribution < -0.4 is 15.4 Å². The van der Waals surface area contributed by atoms with Crippen LogP contribution in [0, 0.1) is 5.82 Å². The zero-order valence-corrected chi connectivity index (χ0v) is 13.3. The molecule has 0 atom stereocenters. The van der Waals surface area contributed by atoms with Crippen LogP contribution in [-0.4, -0.2) is 18.9 Å². The summed E-state index contributed by atoms with van der Waals surface area (Å²) < 4.78 is 18.7. The van der Waals surface area contributed by atoms with E-state index in [1.54, 1.807) is 36.4 Å². The fraction of sp³-hybridized carbons (Fsp3) is 0.111. The van der Waals surface area contributed by atoms with Crippen LogP contribution in [0.15, 0.2) is 48.5 Å². The van der Waals surface area contributed by atoms with Crippen LogP contribution in [-0.2, 0) is 9.59 Å². The summed E-state index contributed by atoms with van der Waals surface area (Å²) in [5.41, 5.74) is 1.23. The third-order valence-corrected chi connectivity index (χ3v) is 3.10. The average molecular weight is 328 g/mol. The Morgan fingerprint density at radius 2 is 1.88 bits per heavy atom. The van der Waals surface area contributed by atoms with Crippen molar-refractivity contribution >= 4 is 29.3 Å². The molecule has 5 nitrogen and oxygen atoms in total. The van der Waals surface area contributed by atoms with Gasteiger partial charge >= 0.3 is 0 Å². The standard InChI is InChI=1S/C18H17FN2O3/c1-12(22)20-14-8-9-17(24-2)16(11-14)21-18(23)10-7-13-5-3-4-6-15(13)19/h3-11H,1-2H3,(H,20,22)(H,21,23)/b10-7+. The maximum absolute atomic E-state index is 13.5. The molecule has 24 heavy (non-hydrogen) atoms. The van der Waals surface area contributed by atoms with Crippen LogP contribution in [0.5, 0.6) is 5.75 Å². The zero-order chi connectivity index (χ0) is 17.5. The molecule has 0 saturated heterocycles. The van der Waals surface area contributed by atoms with Gasteiger partial charge in [0.2, 0.25) is 11.8 Å². The minimum absolute atomic E-state index is 0.225. The molecule has 124 valence electrons. The van der Waals surface area contributed by atoms with Crippen LogP contribution in [0.1, 0.15) is 12.5 Å². The molecule has 2 aromatic rings. The van der Waals surface area contributed by atoms with Crippen molar-refractivity contribution in [3.8, 4) is 5.75 Å². The Hall–Kier alpha value is -3.15. The molecule has 0 aliphatic carbocycles. The first-order chi connectivity index (χ1) is 11.5. The molecule has 0 spiro atoms. The lowest BCUT2D eigenvalue weighted by Gasteiger charge is -2.11. The smallest absolute Gasteiger partial charge is 0.248 e. The number of ether oxygens (including phenoxy) is 1. The van der Waals surface area contributed by atoms with Crippen molar-refractivity contribution in [1.29, 1.82) is 0 Å². The summed E-state index contributed by atoms with van der Waals surface area (Å²) in [7, 11) is 1.47. The van der Waals surface area contributed by atoms with E-state index in [1.807, 2.05) is 0 Å². The van der Waals surface area contributed by atoms with E-state index in [9.17, 15) is 14.0 Å². The Morgan fingerprint density at radius 1 is 1.12 bits per heavy atom. The van der Waals surface area contributed by atoms with Crippen molar-refractivity contribution in [3.63, 3.8) is 0 Å². The van der Waals surface area contributed by atoms with Crippen molar-refractivity contribution in [2.75, 3.05) is 17.7 Å². The Morgan fingerprint density at radius 3 is 2.54 bits per heavy atom. The van der Waals surface area contributed by atoms with Gasteiger partial charge in [-0.3, -0.25) is 9.59 Å². The summed E-state index contributed by atoms with van der Waals surface area (Å²) in [6, 6.07) is 11.0. The molecule has 2 N–H and O–H groups in total. The van der Waals surface area contributed by atoms with Gasteiger partial charge in [0.25, 0.3) is 0 Å². The van der Waals surface area contributed by atoms with E-state index in [1.165, 1.54) is 32.3 Å². The van der Waals surface area contributed by atoms with E-state index in [-0.39, 0.29) is 5.91 Å². The van der Waals surface area contributed by atoms with Gasteiger partial charge in [0, 0.05) is 24.3 Å². The molecule has 0 unspecified atom stereocenters. The maximum Gasteiger partial charge on any atom is 0.248 e. The fourth-order valence-corrected chi connectivity index (χ4v) is 2.04. The molecule has 0 radical (unpaired) electrons. The monoisotopic (exact) mass is 328 g/mol. The van der Waals surface area contributed by atoms with Crippen molar-refractivity contribution in [2.24, 2.45) is 0 Å². The third kappa shape index (κ3) is 4.67. The molecule has 0 aliphatic heterocycles. The first-order valence-corrected chi connectivity index (χ1v) is 7.19. The van der Waals surface area contributed by atoms with Gasteiger partial charge in [0.15, 0.2) is 0 Å². The third-order valence-electron chi connectivity index (χ3n) is 3.10. The number of nitrogens with one attached hydrogen (secondary N) is 2. The number of methoxy groups -OCH3 is 1. The first-order valence-electron chi connectivity index (χ1n) is 7.19. The lowest BCUT2D eigenvalue weighted by atomic mass is 10.2. The van der Waals surface area contributed by atoms with Crippen LogP contribution in [0.4, 0.5) is 15.8 Å². The van der Waals surface area contributed by atoms with Crippen molar-refractivity contribution in [2.45, 2.75) is 6.92 Å². The zero-order valence-electron chi connectivity index (χ0n) is 13.3. The highest BCUT2D eigenvalue weighted by Gasteiger charge is 2.08. The van der Waals surface area contributed by atoms with Gasteiger partial charge in [-0.15, -0.1) is 0 Å². The summed E-state index contributed by atoms with van der Waals surface area (Å²) in [6.07, 6.45) is 2.61. The van der Waals surface area contributed by atoms with E-state index < -0.39 is 11.7 Å². The van der Waals surface area contributed by atoms with Gasteiger partial charge in [-0.25, -0.2) is 4.39 Å². The van der Waals surface area contributed by atoms with E-state index in [2.05, 4.69) is 10.6 Å². The number of rotatable bonds is 5.